The third-order valence-electron chi connectivity index (χ3n) is 3.51. The van der Waals surface area contributed by atoms with Crippen LogP contribution in [0.5, 0.6) is 0 Å². The molecule has 106 valence electrons. The molecule has 2 aromatic rings. The summed E-state index contributed by atoms with van der Waals surface area (Å²) < 4.78 is 7.84. The topological polar surface area (TPSA) is 39.9 Å². The molecule has 1 unspecified atom stereocenters. The zero-order chi connectivity index (χ0) is 13.8. The van der Waals surface area contributed by atoms with Gasteiger partial charge in [-0.05, 0) is 25.3 Å². The SMILES string of the molecule is Cc1nnc(SCC2CCCO2)n1Cc1ccccc1. The molecule has 1 aliphatic rings. The van der Waals surface area contributed by atoms with Gasteiger partial charge in [0.2, 0.25) is 0 Å². The lowest BCUT2D eigenvalue weighted by Gasteiger charge is -2.10. The molecule has 0 aliphatic carbocycles. The van der Waals surface area contributed by atoms with Gasteiger partial charge in [-0.25, -0.2) is 0 Å². The Morgan fingerprint density at radius 1 is 1.30 bits per heavy atom. The van der Waals surface area contributed by atoms with Gasteiger partial charge in [0.05, 0.1) is 12.6 Å². The minimum Gasteiger partial charge on any atom is -0.377 e. The summed E-state index contributed by atoms with van der Waals surface area (Å²) in [6.45, 7) is 3.74. The van der Waals surface area contributed by atoms with Crippen LogP contribution in [0.3, 0.4) is 0 Å². The normalized spacial score (nSPS) is 18.6. The average Bonchev–Trinajstić information content (AvgIpc) is 3.10. The second-order valence-electron chi connectivity index (χ2n) is 5.05. The molecule has 5 heteroatoms. The lowest BCUT2D eigenvalue weighted by atomic mass is 10.2. The van der Waals surface area contributed by atoms with Crippen molar-refractivity contribution < 1.29 is 4.74 Å². The molecule has 4 nitrogen and oxygen atoms in total. The molecular formula is C15H19N3OS. The first-order chi connectivity index (χ1) is 9.83. The van der Waals surface area contributed by atoms with Crippen molar-refractivity contribution in [2.24, 2.45) is 0 Å². The van der Waals surface area contributed by atoms with Crippen LogP contribution in [0.25, 0.3) is 0 Å². The molecule has 0 N–H and O–H groups in total. The number of aromatic nitrogens is 3. The maximum atomic E-state index is 5.66. The van der Waals surface area contributed by atoms with Crippen LogP contribution in [-0.2, 0) is 11.3 Å². The minimum atomic E-state index is 0.377. The standard InChI is InChI=1S/C15H19N3OS/c1-12-16-17-15(20-11-14-8-5-9-19-14)18(12)10-13-6-3-2-4-7-13/h2-4,6-7,14H,5,8-11H2,1H3. The quantitative estimate of drug-likeness (QED) is 0.794. The van der Waals surface area contributed by atoms with Crippen molar-refractivity contribution >= 4 is 11.8 Å². The number of thioether (sulfide) groups is 1. The highest BCUT2D eigenvalue weighted by Crippen LogP contribution is 2.23. The van der Waals surface area contributed by atoms with E-state index in [2.05, 4.69) is 39.0 Å². The van der Waals surface area contributed by atoms with Crippen LogP contribution in [0, 0.1) is 6.92 Å². The molecular weight excluding hydrogens is 270 g/mol. The fourth-order valence-electron chi connectivity index (χ4n) is 2.36. The fraction of sp³-hybridized carbons (Fsp3) is 0.467. The number of ether oxygens (including phenoxy) is 1. The van der Waals surface area contributed by atoms with E-state index in [1.807, 2.05) is 13.0 Å². The van der Waals surface area contributed by atoms with E-state index in [9.17, 15) is 0 Å². The molecule has 1 aliphatic heterocycles. The van der Waals surface area contributed by atoms with Crippen molar-refractivity contribution in [3.8, 4) is 0 Å². The van der Waals surface area contributed by atoms with Gasteiger partial charge in [0, 0.05) is 12.4 Å². The zero-order valence-electron chi connectivity index (χ0n) is 11.7. The lowest BCUT2D eigenvalue weighted by molar-refractivity contribution is 0.129. The van der Waals surface area contributed by atoms with Gasteiger partial charge in [0.15, 0.2) is 5.16 Å². The number of hydrogen-bond acceptors (Lipinski definition) is 4. The van der Waals surface area contributed by atoms with Crippen LogP contribution >= 0.6 is 11.8 Å². The summed E-state index contributed by atoms with van der Waals surface area (Å²) in [7, 11) is 0. The van der Waals surface area contributed by atoms with Gasteiger partial charge in [0.25, 0.3) is 0 Å². The highest BCUT2D eigenvalue weighted by molar-refractivity contribution is 7.99. The van der Waals surface area contributed by atoms with Crippen molar-refractivity contribution in [2.45, 2.75) is 37.6 Å². The van der Waals surface area contributed by atoms with E-state index in [0.29, 0.717) is 6.10 Å². The van der Waals surface area contributed by atoms with E-state index in [4.69, 9.17) is 4.74 Å². The molecule has 2 heterocycles. The van der Waals surface area contributed by atoms with Crippen molar-refractivity contribution in [1.82, 2.24) is 14.8 Å². The molecule has 3 rings (SSSR count). The molecule has 20 heavy (non-hydrogen) atoms. The summed E-state index contributed by atoms with van der Waals surface area (Å²) >= 11 is 1.75. The van der Waals surface area contributed by atoms with Crippen LogP contribution in [0.15, 0.2) is 35.5 Å². The summed E-state index contributed by atoms with van der Waals surface area (Å²) in [5.41, 5.74) is 1.27. The Hall–Kier alpha value is -1.33. The minimum absolute atomic E-state index is 0.377. The second-order valence-corrected chi connectivity index (χ2v) is 6.03. The molecule has 1 fully saturated rings. The maximum Gasteiger partial charge on any atom is 0.191 e. The summed E-state index contributed by atoms with van der Waals surface area (Å²) in [6.07, 6.45) is 2.72. The first kappa shape index (κ1) is 13.6. The molecule has 1 saturated heterocycles. The van der Waals surface area contributed by atoms with Crippen LogP contribution < -0.4 is 0 Å². The Labute approximate surface area is 123 Å². The summed E-state index contributed by atoms with van der Waals surface area (Å²) in [5.74, 6) is 1.93. The third-order valence-corrected chi connectivity index (χ3v) is 4.61. The van der Waals surface area contributed by atoms with E-state index >= 15 is 0 Å². The van der Waals surface area contributed by atoms with Crippen molar-refractivity contribution in [3.05, 3.63) is 41.7 Å². The molecule has 0 radical (unpaired) electrons. The molecule has 0 spiro atoms. The van der Waals surface area contributed by atoms with Crippen LogP contribution in [-0.4, -0.2) is 33.2 Å². The van der Waals surface area contributed by atoms with Crippen molar-refractivity contribution in [2.75, 3.05) is 12.4 Å². The van der Waals surface area contributed by atoms with E-state index in [1.165, 1.54) is 18.4 Å². The molecule has 1 aromatic carbocycles. The number of benzene rings is 1. The first-order valence-corrected chi connectivity index (χ1v) is 7.99. The highest BCUT2D eigenvalue weighted by atomic mass is 32.2. The zero-order valence-corrected chi connectivity index (χ0v) is 12.5. The number of hydrogen-bond donors (Lipinski definition) is 0. The van der Waals surface area contributed by atoms with Crippen molar-refractivity contribution in [1.29, 1.82) is 0 Å². The van der Waals surface area contributed by atoms with Gasteiger partial charge in [-0.1, -0.05) is 42.1 Å². The van der Waals surface area contributed by atoms with Gasteiger partial charge in [-0.3, -0.25) is 0 Å². The van der Waals surface area contributed by atoms with Crippen molar-refractivity contribution in [3.63, 3.8) is 0 Å². The number of rotatable bonds is 5. The highest BCUT2D eigenvalue weighted by Gasteiger charge is 2.18. The van der Waals surface area contributed by atoms with Gasteiger partial charge < -0.3 is 9.30 Å². The summed E-state index contributed by atoms with van der Waals surface area (Å²) in [6, 6.07) is 10.4. The summed E-state index contributed by atoms with van der Waals surface area (Å²) in [4.78, 5) is 0. The lowest BCUT2D eigenvalue weighted by Crippen LogP contribution is -2.10. The van der Waals surface area contributed by atoms with E-state index in [0.717, 1.165) is 29.9 Å². The largest absolute Gasteiger partial charge is 0.377 e. The van der Waals surface area contributed by atoms with Gasteiger partial charge in [0.1, 0.15) is 5.82 Å². The van der Waals surface area contributed by atoms with Crippen LogP contribution in [0.4, 0.5) is 0 Å². The Morgan fingerprint density at radius 3 is 2.90 bits per heavy atom. The van der Waals surface area contributed by atoms with E-state index in [1.54, 1.807) is 11.8 Å². The first-order valence-electron chi connectivity index (χ1n) is 7.01. The van der Waals surface area contributed by atoms with Gasteiger partial charge >= 0.3 is 0 Å². The molecule has 0 saturated carbocycles. The van der Waals surface area contributed by atoms with Gasteiger partial charge in [-0.2, -0.15) is 0 Å². The van der Waals surface area contributed by atoms with E-state index < -0.39 is 0 Å². The molecule has 1 aromatic heterocycles. The predicted molar refractivity (Wildman–Crippen MR) is 80.0 cm³/mol. The Morgan fingerprint density at radius 2 is 2.15 bits per heavy atom. The Bertz CT molecular complexity index is 550. The smallest absolute Gasteiger partial charge is 0.191 e. The fourth-order valence-corrected chi connectivity index (χ4v) is 3.41. The average molecular weight is 289 g/mol. The third kappa shape index (κ3) is 3.22. The molecule has 0 amide bonds. The predicted octanol–water partition coefficient (Wildman–Crippen LogP) is 2.91. The Kier molecular flexibility index (Phi) is 4.38. The molecule has 1 atom stereocenters. The molecule has 0 bridgehead atoms. The van der Waals surface area contributed by atoms with Crippen LogP contribution in [0.1, 0.15) is 24.2 Å². The number of aryl methyl sites for hydroxylation is 1. The van der Waals surface area contributed by atoms with E-state index in [-0.39, 0.29) is 0 Å². The summed E-state index contributed by atoms with van der Waals surface area (Å²) in [5, 5.41) is 9.49. The second kappa shape index (κ2) is 6.41. The van der Waals surface area contributed by atoms with Gasteiger partial charge in [-0.15, -0.1) is 10.2 Å². The Balaban J connectivity index is 1.68. The van der Waals surface area contributed by atoms with Crippen LogP contribution in [0.2, 0.25) is 0 Å². The monoisotopic (exact) mass is 289 g/mol. The number of nitrogens with zero attached hydrogens (tertiary/aromatic N) is 3. The maximum absolute atomic E-state index is 5.66.